The van der Waals surface area contributed by atoms with E-state index in [9.17, 15) is 18.0 Å². The molecule has 0 heterocycles. The topological polar surface area (TPSA) is 104 Å². The lowest BCUT2D eigenvalue weighted by atomic mass is 9.87. The van der Waals surface area contributed by atoms with Crippen LogP contribution >= 0.6 is 0 Å². The van der Waals surface area contributed by atoms with Crippen molar-refractivity contribution in [2.45, 2.75) is 44.4 Å². The molecule has 0 unspecified atom stereocenters. The van der Waals surface area contributed by atoms with Crippen molar-refractivity contribution in [1.29, 1.82) is 0 Å². The summed E-state index contributed by atoms with van der Waals surface area (Å²) in [5.74, 6) is -0.496. The minimum Gasteiger partial charge on any atom is -0.352 e. The van der Waals surface area contributed by atoms with Gasteiger partial charge in [0.2, 0.25) is 5.91 Å². The number of rotatable bonds is 8. The molecule has 0 atom stereocenters. The highest BCUT2D eigenvalue weighted by atomic mass is 32.2. The van der Waals surface area contributed by atoms with Gasteiger partial charge in [0.15, 0.2) is 0 Å². The van der Waals surface area contributed by atoms with E-state index in [0.29, 0.717) is 16.9 Å². The number of sulfonamides is 1. The average molecular weight is 494 g/mol. The fourth-order valence-electron chi connectivity index (χ4n) is 3.29. The second kappa shape index (κ2) is 10.7. The highest BCUT2D eigenvalue weighted by Crippen LogP contribution is 2.22. The predicted molar refractivity (Wildman–Crippen MR) is 139 cm³/mol. The summed E-state index contributed by atoms with van der Waals surface area (Å²) in [6, 6.07) is 20.4. The molecule has 0 aliphatic rings. The van der Waals surface area contributed by atoms with E-state index in [1.165, 1.54) is 0 Å². The van der Waals surface area contributed by atoms with Crippen molar-refractivity contribution < 1.29 is 18.0 Å². The number of hydrogen-bond acceptors (Lipinski definition) is 4. The summed E-state index contributed by atoms with van der Waals surface area (Å²) in [6.07, 6.45) is 0.105. The molecule has 0 saturated heterocycles. The van der Waals surface area contributed by atoms with Crippen LogP contribution in [0, 0.1) is 6.92 Å². The first-order valence-electron chi connectivity index (χ1n) is 11.3. The number of nitrogens with one attached hydrogen (secondary N) is 3. The van der Waals surface area contributed by atoms with Gasteiger partial charge < -0.3 is 10.6 Å². The fourth-order valence-corrected chi connectivity index (χ4v) is 4.35. The van der Waals surface area contributed by atoms with Gasteiger partial charge in [-0.15, -0.1) is 0 Å². The molecule has 7 nitrogen and oxygen atoms in total. The fraction of sp³-hybridized carbons (Fsp3) is 0.259. The molecule has 2 amide bonds. The number of amides is 2. The molecule has 0 aliphatic carbocycles. The van der Waals surface area contributed by atoms with Crippen molar-refractivity contribution in [3.05, 3.63) is 89.5 Å². The van der Waals surface area contributed by atoms with Crippen LogP contribution in [0.25, 0.3) is 0 Å². The number of aryl methyl sites for hydroxylation is 1. The second-order valence-electron chi connectivity index (χ2n) is 9.38. The highest BCUT2D eigenvalue weighted by molar-refractivity contribution is 7.92. The summed E-state index contributed by atoms with van der Waals surface area (Å²) in [6.45, 7) is 8.41. The summed E-state index contributed by atoms with van der Waals surface area (Å²) in [4.78, 5) is 24.7. The molecule has 0 radical (unpaired) electrons. The Labute approximate surface area is 207 Å². The van der Waals surface area contributed by atoms with Crippen molar-refractivity contribution >= 4 is 33.2 Å². The third kappa shape index (κ3) is 7.42. The van der Waals surface area contributed by atoms with E-state index in [4.69, 9.17) is 0 Å². The minimum absolute atomic E-state index is 0.0106. The van der Waals surface area contributed by atoms with E-state index < -0.39 is 10.0 Å². The normalized spacial score (nSPS) is 11.5. The number of carbonyl (C=O) groups is 2. The monoisotopic (exact) mass is 493 g/mol. The summed E-state index contributed by atoms with van der Waals surface area (Å²) in [5.41, 5.74) is 3.57. The van der Waals surface area contributed by atoms with E-state index in [-0.39, 0.29) is 35.1 Å². The summed E-state index contributed by atoms with van der Waals surface area (Å²) in [7, 11) is -3.70. The quantitative estimate of drug-likeness (QED) is 0.417. The maximum Gasteiger partial charge on any atom is 0.261 e. The van der Waals surface area contributed by atoms with E-state index >= 15 is 0 Å². The van der Waals surface area contributed by atoms with Crippen molar-refractivity contribution in [1.82, 2.24) is 5.32 Å². The van der Waals surface area contributed by atoms with Crippen LogP contribution in [0.15, 0.2) is 77.7 Å². The first-order valence-corrected chi connectivity index (χ1v) is 12.8. The second-order valence-corrected chi connectivity index (χ2v) is 11.1. The molecular weight excluding hydrogens is 462 g/mol. The molecule has 0 fully saturated rings. The van der Waals surface area contributed by atoms with E-state index in [1.54, 1.807) is 60.7 Å². The molecule has 3 aromatic carbocycles. The molecule has 3 N–H and O–H groups in total. The maximum absolute atomic E-state index is 12.5. The summed E-state index contributed by atoms with van der Waals surface area (Å²) >= 11 is 0. The molecule has 0 aliphatic heterocycles. The van der Waals surface area contributed by atoms with Crippen LogP contribution in [-0.2, 0) is 20.2 Å². The SMILES string of the molecule is Cc1ccc(S(=O)(=O)Nc2ccc(NC(=O)CCNC(=O)c3ccc(C(C)(C)C)cc3)cc2)cc1. The first-order chi connectivity index (χ1) is 16.4. The zero-order chi connectivity index (χ0) is 25.6. The van der Waals surface area contributed by atoms with Crippen LogP contribution < -0.4 is 15.4 Å². The number of anilines is 2. The average Bonchev–Trinajstić information content (AvgIpc) is 2.80. The van der Waals surface area contributed by atoms with E-state index in [0.717, 1.165) is 11.1 Å². The van der Waals surface area contributed by atoms with Gasteiger partial charge in [0.1, 0.15) is 0 Å². The molecule has 35 heavy (non-hydrogen) atoms. The van der Waals surface area contributed by atoms with Gasteiger partial charge in [0, 0.05) is 29.9 Å². The van der Waals surface area contributed by atoms with Crippen LogP contribution in [0.3, 0.4) is 0 Å². The Bertz CT molecular complexity index is 1280. The molecule has 0 saturated carbocycles. The Morgan fingerprint density at radius 2 is 1.37 bits per heavy atom. The zero-order valence-corrected chi connectivity index (χ0v) is 21.2. The maximum atomic E-state index is 12.5. The van der Waals surface area contributed by atoms with Gasteiger partial charge in [-0.25, -0.2) is 8.42 Å². The van der Waals surface area contributed by atoms with Crippen molar-refractivity contribution in [2.75, 3.05) is 16.6 Å². The zero-order valence-electron chi connectivity index (χ0n) is 20.4. The first kappa shape index (κ1) is 26.0. The molecule has 184 valence electrons. The number of carbonyl (C=O) groups excluding carboxylic acids is 2. The Morgan fingerprint density at radius 1 is 0.800 bits per heavy atom. The lowest BCUT2D eigenvalue weighted by Gasteiger charge is -2.19. The largest absolute Gasteiger partial charge is 0.352 e. The van der Waals surface area contributed by atoms with Gasteiger partial charge in [0.25, 0.3) is 15.9 Å². The van der Waals surface area contributed by atoms with Crippen LogP contribution in [0.4, 0.5) is 11.4 Å². The van der Waals surface area contributed by atoms with Gasteiger partial charge in [0.05, 0.1) is 4.90 Å². The molecular formula is C27H31N3O4S. The van der Waals surface area contributed by atoms with Crippen molar-refractivity contribution in [3.63, 3.8) is 0 Å². The predicted octanol–water partition coefficient (Wildman–Crippen LogP) is 4.85. The Balaban J connectivity index is 1.47. The molecule has 0 aromatic heterocycles. The van der Waals surface area contributed by atoms with Gasteiger partial charge in [-0.05, 0) is 66.4 Å². The molecule has 0 bridgehead atoms. The lowest BCUT2D eigenvalue weighted by molar-refractivity contribution is -0.116. The van der Waals surface area contributed by atoms with E-state index in [1.807, 2.05) is 19.1 Å². The van der Waals surface area contributed by atoms with Crippen LogP contribution in [0.1, 0.15) is 48.7 Å². The van der Waals surface area contributed by atoms with Crippen LogP contribution in [0.2, 0.25) is 0 Å². The minimum atomic E-state index is -3.70. The van der Waals surface area contributed by atoms with Gasteiger partial charge in [-0.2, -0.15) is 0 Å². The smallest absolute Gasteiger partial charge is 0.261 e. The van der Waals surface area contributed by atoms with Crippen molar-refractivity contribution in [2.24, 2.45) is 0 Å². The van der Waals surface area contributed by atoms with Gasteiger partial charge in [-0.1, -0.05) is 50.6 Å². The Hall–Kier alpha value is -3.65. The third-order valence-corrected chi connectivity index (χ3v) is 6.80. The summed E-state index contributed by atoms with van der Waals surface area (Å²) in [5, 5.41) is 5.49. The molecule has 0 spiro atoms. The van der Waals surface area contributed by atoms with Crippen LogP contribution in [0.5, 0.6) is 0 Å². The standard InChI is InChI=1S/C27H31N3O4S/c1-19-5-15-24(16-6-19)35(33,34)30-23-13-11-22(12-14-23)29-25(31)17-18-28-26(32)20-7-9-21(10-8-20)27(2,3)4/h5-16,30H,17-18H2,1-4H3,(H,28,32)(H,29,31). The van der Waals surface area contributed by atoms with Crippen LogP contribution in [-0.4, -0.2) is 26.8 Å². The van der Waals surface area contributed by atoms with E-state index in [2.05, 4.69) is 36.1 Å². The lowest BCUT2D eigenvalue weighted by Crippen LogP contribution is -2.27. The van der Waals surface area contributed by atoms with Gasteiger partial charge >= 0.3 is 0 Å². The van der Waals surface area contributed by atoms with Crippen molar-refractivity contribution in [3.8, 4) is 0 Å². The number of hydrogen-bond donors (Lipinski definition) is 3. The van der Waals surface area contributed by atoms with Gasteiger partial charge in [-0.3, -0.25) is 14.3 Å². The number of benzene rings is 3. The molecule has 3 rings (SSSR count). The Kier molecular flexibility index (Phi) is 7.96. The highest BCUT2D eigenvalue weighted by Gasteiger charge is 2.15. The molecule has 8 heteroatoms. The summed E-state index contributed by atoms with van der Waals surface area (Å²) < 4.78 is 27.5. The Morgan fingerprint density at radius 3 is 1.94 bits per heavy atom. The third-order valence-electron chi connectivity index (χ3n) is 5.40. The molecule has 3 aromatic rings.